The lowest BCUT2D eigenvalue weighted by atomic mass is 9.98. The number of anilines is 1. The average molecular weight is 414 g/mol. The quantitative estimate of drug-likeness (QED) is 0.361. The van der Waals surface area contributed by atoms with Crippen molar-refractivity contribution in [2.45, 2.75) is 12.5 Å². The topological polar surface area (TPSA) is 66.3 Å². The molecule has 1 atom stereocenters. The van der Waals surface area contributed by atoms with Gasteiger partial charge in [-0.3, -0.25) is 5.01 Å². The molecular formula is C24H23N5S. The largest absolute Gasteiger partial charge is 0.377 e. The van der Waals surface area contributed by atoms with E-state index in [-0.39, 0.29) is 6.04 Å². The predicted octanol–water partition coefficient (Wildman–Crippen LogP) is 5.05. The Morgan fingerprint density at radius 2 is 1.67 bits per heavy atom. The molecule has 1 heterocycles. The molecule has 4 rings (SSSR count). The van der Waals surface area contributed by atoms with Gasteiger partial charge in [-0.2, -0.15) is 10.2 Å². The van der Waals surface area contributed by atoms with E-state index < -0.39 is 0 Å². The van der Waals surface area contributed by atoms with Crippen LogP contribution in [0.4, 0.5) is 5.69 Å². The SMILES string of the molecule is CS/C(N)=N/N=C\c1ccc(N2N=C(c3ccccc3)CC2c2ccccc2)cc1. The molecule has 0 amide bonds. The Hall–Kier alpha value is -3.38. The van der Waals surface area contributed by atoms with E-state index in [0.29, 0.717) is 5.17 Å². The minimum atomic E-state index is 0.159. The Kier molecular flexibility index (Phi) is 6.25. The molecule has 1 aliphatic heterocycles. The van der Waals surface area contributed by atoms with Gasteiger partial charge < -0.3 is 5.73 Å². The second kappa shape index (κ2) is 9.41. The minimum absolute atomic E-state index is 0.159. The lowest BCUT2D eigenvalue weighted by Crippen LogP contribution is -2.18. The maximum atomic E-state index is 5.65. The van der Waals surface area contributed by atoms with Gasteiger partial charge in [0.2, 0.25) is 0 Å². The summed E-state index contributed by atoms with van der Waals surface area (Å²) in [7, 11) is 0. The fraction of sp³-hybridized carbons (Fsp3) is 0.125. The number of hydrogen-bond donors (Lipinski definition) is 1. The van der Waals surface area contributed by atoms with Crippen molar-refractivity contribution in [1.29, 1.82) is 0 Å². The van der Waals surface area contributed by atoms with Gasteiger partial charge in [-0.15, -0.1) is 5.10 Å². The molecule has 6 heteroatoms. The van der Waals surface area contributed by atoms with Crippen LogP contribution in [0, 0.1) is 0 Å². The predicted molar refractivity (Wildman–Crippen MR) is 128 cm³/mol. The van der Waals surface area contributed by atoms with E-state index in [1.165, 1.54) is 17.3 Å². The summed E-state index contributed by atoms with van der Waals surface area (Å²) in [6, 6.07) is 29.2. The van der Waals surface area contributed by atoms with E-state index >= 15 is 0 Å². The highest BCUT2D eigenvalue weighted by molar-refractivity contribution is 8.13. The van der Waals surface area contributed by atoms with E-state index in [4.69, 9.17) is 10.8 Å². The normalized spacial score (nSPS) is 16.8. The first-order valence-corrected chi connectivity index (χ1v) is 10.9. The summed E-state index contributed by atoms with van der Waals surface area (Å²) in [6.45, 7) is 0. The van der Waals surface area contributed by atoms with Gasteiger partial charge in [0, 0.05) is 6.42 Å². The fourth-order valence-corrected chi connectivity index (χ4v) is 3.52. The van der Waals surface area contributed by atoms with E-state index in [1.54, 1.807) is 6.21 Å². The van der Waals surface area contributed by atoms with Crippen LogP contribution in [0.2, 0.25) is 0 Å². The summed E-state index contributed by atoms with van der Waals surface area (Å²) in [5.74, 6) is 0. The zero-order valence-electron chi connectivity index (χ0n) is 16.7. The molecule has 0 spiro atoms. The zero-order chi connectivity index (χ0) is 20.8. The van der Waals surface area contributed by atoms with Gasteiger partial charge in [-0.25, -0.2) is 0 Å². The van der Waals surface area contributed by atoms with Crippen molar-refractivity contribution in [1.82, 2.24) is 0 Å². The molecule has 150 valence electrons. The van der Waals surface area contributed by atoms with Crippen LogP contribution in [-0.4, -0.2) is 23.3 Å². The van der Waals surface area contributed by atoms with Gasteiger partial charge in [0.25, 0.3) is 0 Å². The van der Waals surface area contributed by atoms with E-state index in [1.807, 2.05) is 30.5 Å². The fourth-order valence-electron chi connectivity index (χ4n) is 3.39. The first-order valence-electron chi connectivity index (χ1n) is 9.72. The highest BCUT2D eigenvalue weighted by atomic mass is 32.2. The van der Waals surface area contributed by atoms with Crippen molar-refractivity contribution in [3.8, 4) is 0 Å². The molecule has 1 aliphatic rings. The first-order chi connectivity index (χ1) is 14.7. The number of nitrogens with zero attached hydrogens (tertiary/aromatic N) is 4. The Labute approximate surface area is 181 Å². The number of hydrazone groups is 1. The summed E-state index contributed by atoms with van der Waals surface area (Å²) in [5, 5.41) is 15.5. The Balaban J connectivity index is 1.62. The van der Waals surface area contributed by atoms with Gasteiger partial charge >= 0.3 is 0 Å². The molecule has 0 aromatic heterocycles. The maximum absolute atomic E-state index is 5.65. The highest BCUT2D eigenvalue weighted by Crippen LogP contribution is 2.36. The molecule has 3 aromatic carbocycles. The van der Waals surface area contributed by atoms with E-state index in [9.17, 15) is 0 Å². The van der Waals surface area contributed by atoms with Crippen molar-refractivity contribution in [2.75, 3.05) is 11.3 Å². The van der Waals surface area contributed by atoms with Crippen LogP contribution < -0.4 is 10.7 Å². The van der Waals surface area contributed by atoms with Crippen molar-refractivity contribution >= 4 is 34.5 Å². The highest BCUT2D eigenvalue weighted by Gasteiger charge is 2.29. The van der Waals surface area contributed by atoms with Crippen LogP contribution in [0.15, 0.2) is 100 Å². The zero-order valence-corrected chi connectivity index (χ0v) is 17.5. The van der Waals surface area contributed by atoms with Gasteiger partial charge in [0.05, 0.1) is 23.7 Å². The summed E-state index contributed by atoms with van der Waals surface area (Å²) < 4.78 is 0. The van der Waals surface area contributed by atoms with Crippen LogP contribution >= 0.6 is 11.8 Å². The van der Waals surface area contributed by atoms with Crippen LogP contribution in [0.1, 0.15) is 29.2 Å². The molecule has 2 N–H and O–H groups in total. The molecule has 0 aliphatic carbocycles. The molecule has 5 nitrogen and oxygen atoms in total. The third-order valence-corrected chi connectivity index (χ3v) is 5.43. The summed E-state index contributed by atoms with van der Waals surface area (Å²) in [5.41, 5.74) is 11.2. The smallest absolute Gasteiger partial charge is 0.180 e. The minimum Gasteiger partial charge on any atom is -0.377 e. The van der Waals surface area contributed by atoms with E-state index in [2.05, 4.69) is 75.9 Å². The molecule has 0 saturated heterocycles. The number of hydrogen-bond acceptors (Lipinski definition) is 5. The van der Waals surface area contributed by atoms with Gasteiger partial charge in [0.15, 0.2) is 5.17 Å². The standard InChI is InChI=1S/C24H23N5S/c1-30-24(25)27-26-17-18-12-14-21(15-13-18)29-23(20-10-6-3-7-11-20)16-22(28-29)19-8-4-2-5-9-19/h2-15,17,23H,16H2,1H3,(H2,25,27)/b26-17-. The third kappa shape index (κ3) is 4.60. The van der Waals surface area contributed by atoms with Crippen LogP contribution in [0.5, 0.6) is 0 Å². The molecule has 0 bridgehead atoms. The molecular weight excluding hydrogens is 390 g/mol. The molecule has 0 saturated carbocycles. The number of rotatable bonds is 5. The average Bonchev–Trinajstić information content (AvgIpc) is 3.26. The number of benzene rings is 3. The number of thioether (sulfide) groups is 1. The third-order valence-electron chi connectivity index (χ3n) is 4.93. The first kappa shape index (κ1) is 19.9. The van der Waals surface area contributed by atoms with Crippen molar-refractivity contribution in [2.24, 2.45) is 21.0 Å². The Morgan fingerprint density at radius 3 is 2.33 bits per heavy atom. The maximum Gasteiger partial charge on any atom is 0.180 e. The van der Waals surface area contributed by atoms with Crippen molar-refractivity contribution in [3.05, 3.63) is 102 Å². The van der Waals surface area contributed by atoms with Gasteiger partial charge in [-0.1, -0.05) is 84.6 Å². The lowest BCUT2D eigenvalue weighted by Gasteiger charge is -2.24. The van der Waals surface area contributed by atoms with Gasteiger partial charge in [-0.05, 0) is 35.1 Å². The monoisotopic (exact) mass is 413 g/mol. The van der Waals surface area contributed by atoms with Crippen LogP contribution in [0.3, 0.4) is 0 Å². The molecule has 3 aromatic rings. The molecule has 1 unspecified atom stereocenters. The number of nitrogens with two attached hydrogens (primary N) is 1. The van der Waals surface area contributed by atoms with Crippen LogP contribution in [-0.2, 0) is 0 Å². The van der Waals surface area contributed by atoms with Crippen LogP contribution in [0.25, 0.3) is 0 Å². The Bertz CT molecular complexity index is 1060. The second-order valence-electron chi connectivity index (χ2n) is 6.87. The molecule has 0 radical (unpaired) electrons. The lowest BCUT2D eigenvalue weighted by molar-refractivity contribution is 0.709. The number of amidine groups is 1. The summed E-state index contributed by atoms with van der Waals surface area (Å²) >= 11 is 1.37. The summed E-state index contributed by atoms with van der Waals surface area (Å²) in [6.07, 6.45) is 4.43. The second-order valence-corrected chi connectivity index (χ2v) is 7.69. The van der Waals surface area contributed by atoms with E-state index in [0.717, 1.165) is 28.9 Å². The Morgan fingerprint density at radius 1 is 1.00 bits per heavy atom. The molecule has 30 heavy (non-hydrogen) atoms. The van der Waals surface area contributed by atoms with Crippen molar-refractivity contribution < 1.29 is 0 Å². The molecule has 0 fully saturated rings. The van der Waals surface area contributed by atoms with Crippen molar-refractivity contribution in [3.63, 3.8) is 0 Å². The van der Waals surface area contributed by atoms with Gasteiger partial charge in [0.1, 0.15) is 0 Å². The summed E-state index contributed by atoms with van der Waals surface area (Å²) in [4.78, 5) is 0.